The fourth-order valence-corrected chi connectivity index (χ4v) is 3.93. The maximum atomic E-state index is 4.49. The SMILES string of the molecule is CCn1ncnc1CN1CC2(CCCC2)NCC1(C)CC. The van der Waals surface area contributed by atoms with Crippen molar-refractivity contribution in [1.29, 1.82) is 0 Å². The number of hydrogen-bond donors (Lipinski definition) is 1. The van der Waals surface area contributed by atoms with Gasteiger partial charge in [-0.3, -0.25) is 4.90 Å². The molecular weight excluding hydrogens is 262 g/mol. The summed E-state index contributed by atoms with van der Waals surface area (Å²) in [7, 11) is 0. The van der Waals surface area contributed by atoms with Crippen LogP contribution in [0.15, 0.2) is 6.33 Å². The first kappa shape index (κ1) is 15.0. The molecule has 1 unspecified atom stereocenters. The molecular formula is C16H29N5. The van der Waals surface area contributed by atoms with E-state index >= 15 is 0 Å². The Morgan fingerprint density at radius 1 is 1.29 bits per heavy atom. The molecule has 1 spiro atoms. The van der Waals surface area contributed by atoms with Gasteiger partial charge in [-0.05, 0) is 33.1 Å². The third-order valence-electron chi connectivity index (χ3n) is 5.75. The lowest BCUT2D eigenvalue weighted by Crippen LogP contribution is -2.67. The molecule has 1 aromatic rings. The van der Waals surface area contributed by atoms with Crippen molar-refractivity contribution in [2.75, 3.05) is 13.1 Å². The van der Waals surface area contributed by atoms with Gasteiger partial charge in [0, 0.05) is 30.7 Å². The van der Waals surface area contributed by atoms with Crippen molar-refractivity contribution in [2.45, 2.75) is 77.0 Å². The van der Waals surface area contributed by atoms with Gasteiger partial charge in [0.15, 0.2) is 0 Å². The smallest absolute Gasteiger partial charge is 0.141 e. The van der Waals surface area contributed by atoms with E-state index in [1.54, 1.807) is 6.33 Å². The molecule has 0 aromatic carbocycles. The molecule has 1 atom stereocenters. The van der Waals surface area contributed by atoms with Crippen molar-refractivity contribution in [3.63, 3.8) is 0 Å². The highest BCUT2D eigenvalue weighted by atomic mass is 15.4. The average molecular weight is 291 g/mol. The normalized spacial score (nSPS) is 29.3. The largest absolute Gasteiger partial charge is 0.308 e. The molecule has 2 heterocycles. The summed E-state index contributed by atoms with van der Waals surface area (Å²) in [4.78, 5) is 7.14. The minimum atomic E-state index is 0.221. The Kier molecular flexibility index (Phi) is 4.06. The van der Waals surface area contributed by atoms with E-state index < -0.39 is 0 Å². The average Bonchev–Trinajstić information content (AvgIpc) is 3.13. The van der Waals surface area contributed by atoms with Crippen LogP contribution in [0.25, 0.3) is 0 Å². The second kappa shape index (κ2) is 5.69. The molecule has 1 N–H and O–H groups in total. The predicted octanol–water partition coefficient (Wildman–Crippen LogP) is 2.18. The van der Waals surface area contributed by atoms with E-state index in [0.29, 0.717) is 5.54 Å². The van der Waals surface area contributed by atoms with E-state index in [1.165, 1.54) is 25.7 Å². The summed E-state index contributed by atoms with van der Waals surface area (Å²) in [5, 5.41) is 8.22. The van der Waals surface area contributed by atoms with Crippen LogP contribution in [0.4, 0.5) is 0 Å². The van der Waals surface area contributed by atoms with Crippen molar-refractivity contribution in [3.8, 4) is 0 Å². The van der Waals surface area contributed by atoms with Gasteiger partial charge in [0.2, 0.25) is 0 Å². The van der Waals surface area contributed by atoms with E-state index in [9.17, 15) is 0 Å². The molecule has 5 nitrogen and oxygen atoms in total. The maximum Gasteiger partial charge on any atom is 0.141 e. The number of aromatic nitrogens is 3. The monoisotopic (exact) mass is 291 g/mol. The standard InChI is InChI=1S/C16H29N5/c1-4-15(3)11-18-16(8-6-7-9-16)12-20(15)10-14-17-13-19-21(14)5-2/h13,18H,4-12H2,1-3H3. The summed E-state index contributed by atoms with van der Waals surface area (Å²) in [6.07, 6.45) is 8.24. The van der Waals surface area contributed by atoms with Crippen LogP contribution in [-0.4, -0.2) is 43.8 Å². The van der Waals surface area contributed by atoms with Crippen molar-refractivity contribution >= 4 is 0 Å². The Morgan fingerprint density at radius 3 is 2.71 bits per heavy atom. The molecule has 118 valence electrons. The van der Waals surface area contributed by atoms with Gasteiger partial charge in [0.05, 0.1) is 6.54 Å². The Morgan fingerprint density at radius 2 is 2.05 bits per heavy atom. The summed E-state index contributed by atoms with van der Waals surface area (Å²) < 4.78 is 2.03. The van der Waals surface area contributed by atoms with Crippen LogP contribution in [0.1, 0.15) is 58.7 Å². The Bertz CT molecular complexity index is 477. The van der Waals surface area contributed by atoms with Crippen LogP contribution < -0.4 is 5.32 Å². The topological polar surface area (TPSA) is 46.0 Å². The van der Waals surface area contributed by atoms with Crippen LogP contribution in [-0.2, 0) is 13.1 Å². The van der Waals surface area contributed by atoms with Gasteiger partial charge < -0.3 is 5.32 Å². The quantitative estimate of drug-likeness (QED) is 0.923. The van der Waals surface area contributed by atoms with Gasteiger partial charge in [0.1, 0.15) is 12.2 Å². The third kappa shape index (κ3) is 2.73. The Balaban J connectivity index is 1.81. The van der Waals surface area contributed by atoms with Crippen LogP contribution in [0, 0.1) is 0 Å². The molecule has 1 aromatic heterocycles. The predicted molar refractivity (Wildman–Crippen MR) is 84.0 cm³/mol. The summed E-state index contributed by atoms with van der Waals surface area (Å²) in [6.45, 7) is 10.9. The van der Waals surface area contributed by atoms with Crippen molar-refractivity contribution in [2.24, 2.45) is 0 Å². The van der Waals surface area contributed by atoms with Crippen LogP contribution >= 0.6 is 0 Å². The first-order chi connectivity index (χ1) is 10.1. The fourth-order valence-electron chi connectivity index (χ4n) is 3.93. The summed E-state index contributed by atoms with van der Waals surface area (Å²) >= 11 is 0. The summed E-state index contributed by atoms with van der Waals surface area (Å²) in [5.74, 6) is 1.10. The fraction of sp³-hybridized carbons (Fsp3) is 0.875. The zero-order chi connectivity index (χ0) is 14.9. The number of nitrogens with zero attached hydrogens (tertiary/aromatic N) is 4. The highest BCUT2D eigenvalue weighted by Crippen LogP contribution is 2.37. The number of hydrogen-bond acceptors (Lipinski definition) is 4. The van der Waals surface area contributed by atoms with Gasteiger partial charge in [0.25, 0.3) is 0 Å². The highest BCUT2D eigenvalue weighted by Gasteiger charge is 2.45. The number of piperazine rings is 1. The molecule has 1 saturated carbocycles. The second-order valence-corrected chi connectivity index (χ2v) is 7.04. The lowest BCUT2D eigenvalue weighted by atomic mass is 9.85. The van der Waals surface area contributed by atoms with Crippen LogP contribution in [0.5, 0.6) is 0 Å². The molecule has 0 bridgehead atoms. The Hall–Kier alpha value is -0.940. The third-order valence-corrected chi connectivity index (χ3v) is 5.75. The second-order valence-electron chi connectivity index (χ2n) is 7.04. The molecule has 5 heteroatoms. The van der Waals surface area contributed by atoms with E-state index in [1.807, 2.05) is 4.68 Å². The van der Waals surface area contributed by atoms with Gasteiger partial charge in [-0.25, -0.2) is 9.67 Å². The van der Waals surface area contributed by atoms with Crippen molar-refractivity contribution in [3.05, 3.63) is 12.2 Å². The maximum absolute atomic E-state index is 4.49. The van der Waals surface area contributed by atoms with Gasteiger partial charge in [-0.2, -0.15) is 5.10 Å². The lowest BCUT2D eigenvalue weighted by molar-refractivity contribution is 0.00508. The van der Waals surface area contributed by atoms with E-state index in [0.717, 1.165) is 38.4 Å². The van der Waals surface area contributed by atoms with Gasteiger partial charge >= 0.3 is 0 Å². The summed E-state index contributed by atoms with van der Waals surface area (Å²) in [5.41, 5.74) is 0.574. The van der Waals surface area contributed by atoms with E-state index in [-0.39, 0.29) is 5.54 Å². The first-order valence-electron chi connectivity index (χ1n) is 8.47. The molecule has 2 aliphatic rings. The lowest BCUT2D eigenvalue weighted by Gasteiger charge is -2.52. The zero-order valence-corrected chi connectivity index (χ0v) is 13.7. The van der Waals surface area contributed by atoms with E-state index in [4.69, 9.17) is 0 Å². The minimum absolute atomic E-state index is 0.221. The Labute approximate surface area is 128 Å². The zero-order valence-electron chi connectivity index (χ0n) is 13.7. The van der Waals surface area contributed by atoms with Crippen molar-refractivity contribution < 1.29 is 0 Å². The minimum Gasteiger partial charge on any atom is -0.308 e. The molecule has 2 fully saturated rings. The van der Waals surface area contributed by atoms with E-state index in [2.05, 4.69) is 41.1 Å². The first-order valence-corrected chi connectivity index (χ1v) is 8.47. The highest BCUT2D eigenvalue weighted by molar-refractivity contribution is 5.06. The van der Waals surface area contributed by atoms with Crippen LogP contribution in [0.2, 0.25) is 0 Å². The van der Waals surface area contributed by atoms with Gasteiger partial charge in [-0.15, -0.1) is 0 Å². The molecule has 0 radical (unpaired) electrons. The number of nitrogens with one attached hydrogen (secondary N) is 1. The van der Waals surface area contributed by atoms with Crippen LogP contribution in [0.3, 0.4) is 0 Å². The molecule has 1 saturated heterocycles. The summed E-state index contributed by atoms with van der Waals surface area (Å²) in [6, 6.07) is 0. The molecule has 1 aliphatic heterocycles. The molecule has 0 amide bonds. The molecule has 1 aliphatic carbocycles. The van der Waals surface area contributed by atoms with Crippen molar-refractivity contribution in [1.82, 2.24) is 25.0 Å². The number of aryl methyl sites for hydroxylation is 1. The number of rotatable bonds is 4. The molecule has 21 heavy (non-hydrogen) atoms. The van der Waals surface area contributed by atoms with Gasteiger partial charge in [-0.1, -0.05) is 19.8 Å². The molecule has 3 rings (SSSR count).